The van der Waals surface area contributed by atoms with Gasteiger partial charge in [0.15, 0.2) is 0 Å². The number of aromatic nitrogens is 1. The number of amides is 1. The Balaban J connectivity index is 2.08. The van der Waals surface area contributed by atoms with Crippen LogP contribution in [0.4, 0.5) is 5.82 Å². The van der Waals surface area contributed by atoms with Crippen molar-refractivity contribution in [2.75, 3.05) is 25.4 Å². The summed E-state index contributed by atoms with van der Waals surface area (Å²) in [6.45, 7) is 1.46. The fourth-order valence-electron chi connectivity index (χ4n) is 1.93. The monoisotopic (exact) mass is 221 g/mol. The fourth-order valence-corrected chi connectivity index (χ4v) is 1.93. The molecule has 1 unspecified atom stereocenters. The predicted molar refractivity (Wildman–Crippen MR) is 59.7 cm³/mol. The van der Waals surface area contributed by atoms with Gasteiger partial charge in [0, 0.05) is 37.4 Å². The van der Waals surface area contributed by atoms with Crippen molar-refractivity contribution in [3.05, 3.63) is 23.9 Å². The van der Waals surface area contributed by atoms with Gasteiger partial charge in [0.25, 0.3) is 5.91 Å². The minimum Gasteiger partial charge on any atom is -0.396 e. The molecular formula is C11H15N3O2. The summed E-state index contributed by atoms with van der Waals surface area (Å²) in [7, 11) is 0. The second kappa shape index (κ2) is 4.49. The number of aliphatic hydroxyl groups is 1. The van der Waals surface area contributed by atoms with Crippen LogP contribution in [-0.2, 0) is 0 Å². The number of aliphatic hydroxyl groups excluding tert-OH is 1. The van der Waals surface area contributed by atoms with Gasteiger partial charge in [-0.3, -0.25) is 4.79 Å². The van der Waals surface area contributed by atoms with Gasteiger partial charge < -0.3 is 15.7 Å². The van der Waals surface area contributed by atoms with Gasteiger partial charge in [-0.2, -0.15) is 0 Å². The lowest BCUT2D eigenvalue weighted by Gasteiger charge is -2.16. The summed E-state index contributed by atoms with van der Waals surface area (Å²) in [6.07, 6.45) is 2.39. The van der Waals surface area contributed by atoms with E-state index in [2.05, 4.69) is 4.98 Å². The van der Waals surface area contributed by atoms with Gasteiger partial charge in [-0.1, -0.05) is 0 Å². The fraction of sp³-hybridized carbons (Fsp3) is 0.455. The molecule has 3 N–H and O–H groups in total. The molecule has 0 aromatic carbocycles. The van der Waals surface area contributed by atoms with Gasteiger partial charge in [0.05, 0.1) is 0 Å². The molecule has 16 heavy (non-hydrogen) atoms. The SMILES string of the molecule is Nc1cc(C(=O)N2CCC(CO)C2)ccn1. The summed E-state index contributed by atoms with van der Waals surface area (Å²) in [5.74, 6) is 0.525. The number of carbonyl (C=O) groups is 1. The van der Waals surface area contributed by atoms with E-state index in [4.69, 9.17) is 10.8 Å². The predicted octanol–water partition coefficient (Wildman–Crippen LogP) is 0.118. The Morgan fingerprint density at radius 1 is 1.69 bits per heavy atom. The van der Waals surface area contributed by atoms with Crippen molar-refractivity contribution in [2.45, 2.75) is 6.42 Å². The van der Waals surface area contributed by atoms with Crippen molar-refractivity contribution in [3.63, 3.8) is 0 Å². The smallest absolute Gasteiger partial charge is 0.254 e. The van der Waals surface area contributed by atoms with Crippen LogP contribution in [0.25, 0.3) is 0 Å². The lowest BCUT2D eigenvalue weighted by Crippen LogP contribution is -2.29. The number of hydrogen-bond donors (Lipinski definition) is 2. The maximum absolute atomic E-state index is 12.0. The molecule has 0 bridgehead atoms. The molecule has 1 aliphatic heterocycles. The minimum atomic E-state index is -0.0370. The summed E-state index contributed by atoms with van der Waals surface area (Å²) >= 11 is 0. The van der Waals surface area contributed by atoms with Gasteiger partial charge in [-0.05, 0) is 18.6 Å². The lowest BCUT2D eigenvalue weighted by atomic mass is 10.1. The molecule has 1 saturated heterocycles. The van der Waals surface area contributed by atoms with E-state index >= 15 is 0 Å². The van der Waals surface area contributed by atoms with Crippen LogP contribution < -0.4 is 5.73 Å². The van der Waals surface area contributed by atoms with E-state index in [1.165, 1.54) is 6.20 Å². The van der Waals surface area contributed by atoms with Crippen molar-refractivity contribution < 1.29 is 9.90 Å². The first-order valence-corrected chi connectivity index (χ1v) is 5.32. The molecule has 2 rings (SSSR count). The average Bonchev–Trinajstić information content (AvgIpc) is 2.76. The molecule has 0 radical (unpaired) electrons. The number of hydrogen-bond acceptors (Lipinski definition) is 4. The number of nitrogens with two attached hydrogens (primary N) is 1. The molecule has 5 heteroatoms. The van der Waals surface area contributed by atoms with E-state index in [1.54, 1.807) is 17.0 Å². The van der Waals surface area contributed by atoms with Crippen molar-refractivity contribution in [3.8, 4) is 0 Å². The molecule has 1 aromatic heterocycles. The van der Waals surface area contributed by atoms with Crippen LogP contribution >= 0.6 is 0 Å². The zero-order valence-electron chi connectivity index (χ0n) is 8.97. The van der Waals surface area contributed by atoms with E-state index in [-0.39, 0.29) is 18.4 Å². The Kier molecular flexibility index (Phi) is 3.05. The molecule has 1 atom stereocenters. The van der Waals surface area contributed by atoms with E-state index < -0.39 is 0 Å². The van der Waals surface area contributed by atoms with Gasteiger partial charge in [-0.25, -0.2) is 4.98 Å². The van der Waals surface area contributed by atoms with Crippen molar-refractivity contribution >= 4 is 11.7 Å². The first-order chi connectivity index (χ1) is 7.70. The number of carbonyl (C=O) groups excluding carboxylic acids is 1. The zero-order chi connectivity index (χ0) is 11.5. The van der Waals surface area contributed by atoms with Gasteiger partial charge >= 0.3 is 0 Å². The molecule has 1 aliphatic rings. The molecule has 86 valence electrons. The molecule has 0 saturated carbocycles. The highest BCUT2D eigenvalue weighted by molar-refractivity contribution is 5.94. The molecule has 0 spiro atoms. The van der Waals surface area contributed by atoms with Gasteiger partial charge in [0.2, 0.25) is 0 Å². The van der Waals surface area contributed by atoms with Crippen molar-refractivity contribution in [1.29, 1.82) is 0 Å². The number of rotatable bonds is 2. The largest absolute Gasteiger partial charge is 0.396 e. The maximum Gasteiger partial charge on any atom is 0.254 e. The van der Waals surface area contributed by atoms with Crippen LogP contribution in [0.2, 0.25) is 0 Å². The number of pyridine rings is 1. The lowest BCUT2D eigenvalue weighted by molar-refractivity contribution is 0.0782. The first-order valence-electron chi connectivity index (χ1n) is 5.32. The quantitative estimate of drug-likeness (QED) is 0.743. The third-order valence-electron chi connectivity index (χ3n) is 2.86. The number of nitrogens with zero attached hydrogens (tertiary/aromatic N) is 2. The Morgan fingerprint density at radius 3 is 3.12 bits per heavy atom. The van der Waals surface area contributed by atoms with Gasteiger partial charge in [0.1, 0.15) is 5.82 Å². The van der Waals surface area contributed by atoms with Crippen LogP contribution in [0.1, 0.15) is 16.8 Å². The van der Waals surface area contributed by atoms with Crippen LogP contribution in [0.15, 0.2) is 18.3 Å². The first kappa shape index (κ1) is 10.9. The average molecular weight is 221 g/mol. The zero-order valence-corrected chi connectivity index (χ0v) is 8.97. The third-order valence-corrected chi connectivity index (χ3v) is 2.86. The summed E-state index contributed by atoms with van der Waals surface area (Å²) < 4.78 is 0. The van der Waals surface area contributed by atoms with Crippen LogP contribution in [0, 0.1) is 5.92 Å². The Bertz CT molecular complexity index is 395. The maximum atomic E-state index is 12.0. The normalized spacial score (nSPS) is 20.1. The Hall–Kier alpha value is -1.62. The summed E-state index contributed by atoms with van der Waals surface area (Å²) in [6, 6.07) is 3.24. The molecule has 1 aromatic rings. The Labute approximate surface area is 93.9 Å². The molecule has 2 heterocycles. The number of anilines is 1. The highest BCUT2D eigenvalue weighted by Crippen LogP contribution is 2.18. The highest BCUT2D eigenvalue weighted by atomic mass is 16.3. The Morgan fingerprint density at radius 2 is 2.50 bits per heavy atom. The number of nitrogen functional groups attached to an aromatic ring is 1. The summed E-state index contributed by atoms with van der Waals surface area (Å²) in [5, 5.41) is 9.01. The minimum absolute atomic E-state index is 0.0370. The second-order valence-electron chi connectivity index (χ2n) is 4.06. The van der Waals surface area contributed by atoms with E-state index in [1.807, 2.05) is 0 Å². The molecular weight excluding hydrogens is 206 g/mol. The molecule has 5 nitrogen and oxygen atoms in total. The van der Waals surface area contributed by atoms with E-state index in [0.29, 0.717) is 24.5 Å². The third kappa shape index (κ3) is 2.14. The standard InChI is InChI=1S/C11H15N3O2/c12-10-5-9(1-3-13-10)11(16)14-4-2-8(6-14)7-15/h1,3,5,8,15H,2,4,6-7H2,(H2,12,13). The summed E-state index contributed by atoms with van der Waals surface area (Å²) in [5.41, 5.74) is 6.09. The molecule has 1 amide bonds. The van der Waals surface area contributed by atoms with Crippen molar-refractivity contribution in [2.24, 2.45) is 5.92 Å². The van der Waals surface area contributed by atoms with Crippen LogP contribution in [0.5, 0.6) is 0 Å². The van der Waals surface area contributed by atoms with E-state index in [0.717, 1.165) is 6.42 Å². The number of likely N-dealkylation sites (tertiary alicyclic amines) is 1. The van der Waals surface area contributed by atoms with Crippen molar-refractivity contribution in [1.82, 2.24) is 9.88 Å². The van der Waals surface area contributed by atoms with Crippen LogP contribution in [0.3, 0.4) is 0 Å². The van der Waals surface area contributed by atoms with Gasteiger partial charge in [-0.15, -0.1) is 0 Å². The molecule has 1 fully saturated rings. The second-order valence-corrected chi connectivity index (χ2v) is 4.06. The topological polar surface area (TPSA) is 79.5 Å². The van der Waals surface area contributed by atoms with Crippen LogP contribution in [-0.4, -0.2) is 40.6 Å². The highest BCUT2D eigenvalue weighted by Gasteiger charge is 2.26. The summed E-state index contributed by atoms with van der Waals surface area (Å²) in [4.78, 5) is 17.6. The van der Waals surface area contributed by atoms with E-state index in [9.17, 15) is 4.79 Å². The molecule has 0 aliphatic carbocycles.